The summed E-state index contributed by atoms with van der Waals surface area (Å²) >= 11 is 1.59. The second-order valence-corrected chi connectivity index (χ2v) is 6.58. The summed E-state index contributed by atoms with van der Waals surface area (Å²) in [6.07, 6.45) is 2.20. The summed E-state index contributed by atoms with van der Waals surface area (Å²) in [7, 11) is 0. The Labute approximate surface area is 99.5 Å². The number of hydrogen-bond acceptors (Lipinski definition) is 3. The van der Waals surface area contributed by atoms with E-state index in [1.807, 2.05) is 5.38 Å². The van der Waals surface area contributed by atoms with Gasteiger partial charge in [0.15, 0.2) is 0 Å². The van der Waals surface area contributed by atoms with E-state index in [4.69, 9.17) is 5.11 Å². The Morgan fingerprint density at radius 1 is 1.56 bits per heavy atom. The average Bonchev–Trinajstić information content (AvgIpc) is 2.74. The Kier molecular flexibility index (Phi) is 2.57. The number of hydrogen-bond donors (Lipinski definition) is 1. The van der Waals surface area contributed by atoms with Gasteiger partial charge in [-0.25, -0.2) is 4.98 Å². The Bertz CT molecular complexity index is 413. The van der Waals surface area contributed by atoms with Crippen molar-refractivity contribution in [1.29, 1.82) is 0 Å². The molecule has 1 fully saturated rings. The van der Waals surface area contributed by atoms with Crippen molar-refractivity contribution >= 4 is 17.3 Å². The van der Waals surface area contributed by atoms with Crippen LogP contribution < -0.4 is 0 Å². The van der Waals surface area contributed by atoms with Gasteiger partial charge in [0.2, 0.25) is 0 Å². The molecule has 0 aromatic carbocycles. The van der Waals surface area contributed by atoms with Gasteiger partial charge in [0, 0.05) is 17.2 Å². The molecule has 0 spiro atoms. The van der Waals surface area contributed by atoms with Crippen LogP contribution in [0.5, 0.6) is 0 Å². The molecule has 1 aromatic rings. The fraction of sp³-hybridized carbons (Fsp3) is 0.667. The molecule has 3 nitrogen and oxygen atoms in total. The minimum absolute atomic E-state index is 0.0503. The van der Waals surface area contributed by atoms with E-state index in [1.54, 1.807) is 11.3 Å². The maximum absolute atomic E-state index is 11.1. The molecule has 1 N–H and O–H groups in total. The molecule has 1 saturated carbocycles. The molecule has 0 amide bonds. The molecule has 2 rings (SSSR count). The average molecular weight is 239 g/mol. The molecule has 0 unspecified atom stereocenters. The molecule has 0 saturated heterocycles. The number of carboxylic acids is 1. The highest BCUT2D eigenvalue weighted by Crippen LogP contribution is 2.49. The molecule has 88 valence electrons. The molecular formula is C12H17NO2S. The number of rotatable bonds is 3. The fourth-order valence-electron chi connectivity index (χ4n) is 1.64. The van der Waals surface area contributed by atoms with Crippen molar-refractivity contribution in [2.75, 3.05) is 0 Å². The second-order valence-electron chi connectivity index (χ2n) is 5.64. The maximum atomic E-state index is 11.1. The quantitative estimate of drug-likeness (QED) is 0.882. The first kappa shape index (κ1) is 11.6. The summed E-state index contributed by atoms with van der Waals surface area (Å²) in [5.74, 6) is -0.667. The Hall–Kier alpha value is -0.900. The van der Waals surface area contributed by atoms with Crippen LogP contribution in [0.3, 0.4) is 0 Å². The van der Waals surface area contributed by atoms with Crippen LogP contribution in [0.1, 0.15) is 44.3 Å². The number of nitrogens with zero attached hydrogens (tertiary/aromatic N) is 1. The lowest BCUT2D eigenvalue weighted by molar-refractivity contribution is -0.143. The first-order chi connectivity index (χ1) is 7.33. The Morgan fingerprint density at radius 3 is 2.56 bits per heavy atom. The fourth-order valence-corrected chi connectivity index (χ4v) is 2.81. The third-order valence-electron chi connectivity index (χ3n) is 3.12. The van der Waals surface area contributed by atoms with Gasteiger partial charge in [-0.2, -0.15) is 0 Å². The van der Waals surface area contributed by atoms with Gasteiger partial charge >= 0.3 is 5.97 Å². The van der Waals surface area contributed by atoms with Crippen LogP contribution >= 0.6 is 11.3 Å². The van der Waals surface area contributed by atoms with Crippen molar-refractivity contribution < 1.29 is 9.90 Å². The molecule has 0 radical (unpaired) electrons. The van der Waals surface area contributed by atoms with Crippen LogP contribution in [-0.4, -0.2) is 16.1 Å². The van der Waals surface area contributed by atoms with Crippen molar-refractivity contribution in [1.82, 2.24) is 4.98 Å². The highest BCUT2D eigenvalue weighted by molar-refractivity contribution is 7.09. The van der Waals surface area contributed by atoms with Gasteiger partial charge in [0.25, 0.3) is 0 Å². The molecule has 1 heterocycles. The van der Waals surface area contributed by atoms with E-state index in [0.717, 1.165) is 23.5 Å². The second kappa shape index (κ2) is 3.55. The summed E-state index contributed by atoms with van der Waals surface area (Å²) in [6.45, 7) is 6.36. The van der Waals surface area contributed by atoms with Crippen molar-refractivity contribution in [2.45, 2.75) is 45.4 Å². The number of carboxylic acid groups (broad SMARTS) is 1. The van der Waals surface area contributed by atoms with Gasteiger partial charge in [0.05, 0.1) is 16.1 Å². The smallest absolute Gasteiger partial charge is 0.310 e. The highest BCUT2D eigenvalue weighted by atomic mass is 32.1. The highest BCUT2D eigenvalue weighted by Gasteiger charge is 2.50. The molecule has 0 atom stereocenters. The van der Waals surface area contributed by atoms with Crippen molar-refractivity contribution in [3.8, 4) is 0 Å². The van der Waals surface area contributed by atoms with Crippen molar-refractivity contribution in [2.24, 2.45) is 5.41 Å². The van der Waals surface area contributed by atoms with Crippen molar-refractivity contribution in [3.05, 3.63) is 16.1 Å². The molecule has 0 aliphatic heterocycles. The topological polar surface area (TPSA) is 50.2 Å². The van der Waals surface area contributed by atoms with E-state index in [9.17, 15) is 4.79 Å². The van der Waals surface area contributed by atoms with Gasteiger partial charge in [0.1, 0.15) is 0 Å². The van der Waals surface area contributed by atoms with E-state index in [1.165, 1.54) is 0 Å². The van der Waals surface area contributed by atoms with Gasteiger partial charge in [-0.1, -0.05) is 20.8 Å². The minimum Gasteiger partial charge on any atom is -0.481 e. The summed E-state index contributed by atoms with van der Waals surface area (Å²) in [5, 5.41) is 12.1. The third-order valence-corrected chi connectivity index (χ3v) is 3.97. The zero-order valence-corrected chi connectivity index (χ0v) is 10.7. The monoisotopic (exact) mass is 239 g/mol. The van der Waals surface area contributed by atoms with Gasteiger partial charge in [-0.3, -0.25) is 4.79 Å². The lowest BCUT2D eigenvalue weighted by Gasteiger charge is -2.14. The first-order valence-electron chi connectivity index (χ1n) is 5.52. The van der Waals surface area contributed by atoms with Crippen molar-refractivity contribution in [3.63, 3.8) is 0 Å². The summed E-state index contributed by atoms with van der Waals surface area (Å²) in [6, 6.07) is 0. The summed E-state index contributed by atoms with van der Waals surface area (Å²) < 4.78 is 0. The van der Waals surface area contributed by atoms with Gasteiger partial charge in [-0.05, 0) is 12.8 Å². The van der Waals surface area contributed by atoms with Gasteiger partial charge < -0.3 is 5.11 Å². The molecule has 16 heavy (non-hydrogen) atoms. The van der Waals surface area contributed by atoms with Crippen LogP contribution in [0.2, 0.25) is 0 Å². The van der Waals surface area contributed by atoms with Crippen LogP contribution in [0.15, 0.2) is 5.38 Å². The zero-order chi connectivity index (χ0) is 12.0. The number of thiazole rings is 1. The van der Waals surface area contributed by atoms with Crippen LogP contribution in [0.4, 0.5) is 0 Å². The third kappa shape index (κ3) is 2.12. The van der Waals surface area contributed by atoms with E-state index >= 15 is 0 Å². The first-order valence-corrected chi connectivity index (χ1v) is 6.40. The molecule has 0 bridgehead atoms. The standard InChI is InChI=1S/C12H17NO2S/c1-11(2,3)8-7-16-9(13-8)6-12(4-5-12)10(14)15/h7H,4-6H2,1-3H3,(H,14,15). The molecule has 1 aliphatic rings. The maximum Gasteiger partial charge on any atom is 0.310 e. The normalized spacial score (nSPS) is 18.4. The number of aliphatic carboxylic acids is 1. The van der Waals surface area contributed by atoms with Gasteiger partial charge in [-0.15, -0.1) is 11.3 Å². The van der Waals surface area contributed by atoms with E-state index in [0.29, 0.717) is 6.42 Å². The lowest BCUT2D eigenvalue weighted by atomic mass is 9.93. The predicted octanol–water partition coefficient (Wildman–Crippen LogP) is 2.85. The van der Waals surface area contributed by atoms with Crippen LogP contribution in [0.25, 0.3) is 0 Å². The number of aromatic nitrogens is 1. The molecule has 1 aliphatic carbocycles. The zero-order valence-electron chi connectivity index (χ0n) is 9.91. The van der Waals surface area contributed by atoms with E-state index in [2.05, 4.69) is 25.8 Å². The molecular weight excluding hydrogens is 222 g/mol. The summed E-state index contributed by atoms with van der Waals surface area (Å²) in [4.78, 5) is 15.6. The summed E-state index contributed by atoms with van der Waals surface area (Å²) in [5.41, 5.74) is 0.621. The number of carbonyl (C=O) groups is 1. The Morgan fingerprint density at radius 2 is 2.19 bits per heavy atom. The van der Waals surface area contributed by atoms with Crippen LogP contribution in [-0.2, 0) is 16.6 Å². The largest absolute Gasteiger partial charge is 0.481 e. The predicted molar refractivity (Wildman–Crippen MR) is 63.8 cm³/mol. The molecule has 1 aromatic heterocycles. The van der Waals surface area contributed by atoms with Crippen LogP contribution in [0, 0.1) is 5.41 Å². The molecule has 4 heteroatoms. The lowest BCUT2D eigenvalue weighted by Crippen LogP contribution is -2.18. The SMILES string of the molecule is CC(C)(C)c1csc(CC2(C(=O)O)CC2)n1. The minimum atomic E-state index is -0.667. The Balaban J connectivity index is 2.12. The van der Waals surface area contributed by atoms with E-state index < -0.39 is 11.4 Å². The van der Waals surface area contributed by atoms with E-state index in [-0.39, 0.29) is 5.41 Å².